The van der Waals surface area contributed by atoms with Gasteiger partial charge in [-0.3, -0.25) is 13.9 Å². The Labute approximate surface area is 214 Å². The van der Waals surface area contributed by atoms with E-state index in [1.54, 1.807) is 24.3 Å². The number of hydrogen-bond acceptors (Lipinski definition) is 5. The van der Waals surface area contributed by atoms with Crippen LogP contribution in [0.25, 0.3) is 0 Å². The van der Waals surface area contributed by atoms with Gasteiger partial charge in [-0.15, -0.1) is 0 Å². The Morgan fingerprint density at radius 1 is 1.11 bits per heavy atom. The first-order valence-corrected chi connectivity index (χ1v) is 14.2. The Bertz CT molecular complexity index is 1140. The highest BCUT2D eigenvalue weighted by atomic mass is 32.2. The van der Waals surface area contributed by atoms with Gasteiger partial charge in [-0.2, -0.15) is 0 Å². The zero-order chi connectivity index (χ0) is 26.3. The van der Waals surface area contributed by atoms with Crippen LogP contribution in [0.4, 0.5) is 5.69 Å². The van der Waals surface area contributed by atoms with Gasteiger partial charge in [-0.25, -0.2) is 8.42 Å². The summed E-state index contributed by atoms with van der Waals surface area (Å²) in [4.78, 5) is 28.6. The molecular weight excluding hydrogens is 478 g/mol. The molecule has 2 aromatic rings. The first kappa shape index (κ1) is 27.5. The first-order valence-electron chi connectivity index (χ1n) is 12.4. The van der Waals surface area contributed by atoms with Crippen molar-refractivity contribution in [3.63, 3.8) is 0 Å². The molecule has 3 rings (SSSR count). The second-order valence-electron chi connectivity index (χ2n) is 9.39. The zero-order valence-electron chi connectivity index (χ0n) is 21.6. The van der Waals surface area contributed by atoms with Crippen molar-refractivity contribution in [2.24, 2.45) is 0 Å². The SMILES string of the molecule is CCC(C(=O)NC1CCCC1)N(Cc1ccc(C)cc1)C(=O)CN(c1cccc(OC)c1)S(C)(=O)=O. The summed E-state index contributed by atoms with van der Waals surface area (Å²) in [5.74, 6) is -0.165. The van der Waals surface area contributed by atoms with Gasteiger partial charge >= 0.3 is 0 Å². The van der Waals surface area contributed by atoms with Gasteiger partial charge in [0.2, 0.25) is 21.8 Å². The van der Waals surface area contributed by atoms with Crippen LogP contribution in [0.15, 0.2) is 48.5 Å². The first-order chi connectivity index (χ1) is 17.1. The molecule has 0 radical (unpaired) electrons. The number of nitrogens with zero attached hydrogens (tertiary/aromatic N) is 2. The summed E-state index contributed by atoms with van der Waals surface area (Å²) in [6.07, 6.45) is 5.51. The van der Waals surface area contributed by atoms with Gasteiger partial charge in [-0.05, 0) is 43.9 Å². The number of amides is 2. The highest BCUT2D eigenvalue weighted by molar-refractivity contribution is 7.92. The summed E-state index contributed by atoms with van der Waals surface area (Å²) < 4.78 is 31.7. The molecule has 196 valence electrons. The van der Waals surface area contributed by atoms with Crippen molar-refractivity contribution >= 4 is 27.5 Å². The maximum atomic E-state index is 13.7. The summed E-state index contributed by atoms with van der Waals surface area (Å²) >= 11 is 0. The lowest BCUT2D eigenvalue weighted by Crippen LogP contribution is -2.53. The van der Waals surface area contributed by atoms with Crippen molar-refractivity contribution in [2.75, 3.05) is 24.2 Å². The molecule has 2 amide bonds. The summed E-state index contributed by atoms with van der Waals surface area (Å²) in [6, 6.07) is 13.7. The summed E-state index contributed by atoms with van der Waals surface area (Å²) in [6.45, 7) is 3.62. The van der Waals surface area contributed by atoms with Crippen molar-refractivity contribution in [1.29, 1.82) is 0 Å². The minimum absolute atomic E-state index is 0.118. The molecule has 1 atom stereocenters. The van der Waals surface area contributed by atoms with E-state index in [-0.39, 0.29) is 18.5 Å². The van der Waals surface area contributed by atoms with E-state index >= 15 is 0 Å². The van der Waals surface area contributed by atoms with E-state index in [1.807, 2.05) is 38.1 Å². The van der Waals surface area contributed by atoms with E-state index in [4.69, 9.17) is 4.74 Å². The van der Waals surface area contributed by atoms with Gasteiger partial charge in [0, 0.05) is 18.7 Å². The van der Waals surface area contributed by atoms with Gasteiger partial charge < -0.3 is 15.0 Å². The van der Waals surface area contributed by atoms with E-state index in [2.05, 4.69) is 5.32 Å². The molecule has 1 aliphatic carbocycles. The van der Waals surface area contributed by atoms with Crippen molar-refractivity contribution in [3.05, 3.63) is 59.7 Å². The monoisotopic (exact) mass is 515 g/mol. The zero-order valence-corrected chi connectivity index (χ0v) is 22.4. The van der Waals surface area contributed by atoms with Gasteiger partial charge in [-0.1, -0.05) is 55.7 Å². The topological polar surface area (TPSA) is 96.0 Å². The molecule has 1 N–H and O–H groups in total. The minimum Gasteiger partial charge on any atom is -0.497 e. The van der Waals surface area contributed by atoms with Crippen molar-refractivity contribution in [1.82, 2.24) is 10.2 Å². The molecule has 9 heteroatoms. The lowest BCUT2D eigenvalue weighted by molar-refractivity contribution is -0.140. The third kappa shape index (κ3) is 7.22. The Morgan fingerprint density at radius 3 is 2.36 bits per heavy atom. The minimum atomic E-state index is -3.79. The van der Waals surface area contributed by atoms with Crippen LogP contribution >= 0.6 is 0 Å². The van der Waals surface area contributed by atoms with Crippen LogP contribution in [-0.4, -0.2) is 57.1 Å². The van der Waals surface area contributed by atoms with E-state index in [9.17, 15) is 18.0 Å². The summed E-state index contributed by atoms with van der Waals surface area (Å²) in [7, 11) is -2.30. The number of rotatable bonds is 11. The van der Waals surface area contributed by atoms with Gasteiger partial charge in [0.1, 0.15) is 18.3 Å². The van der Waals surface area contributed by atoms with Crippen LogP contribution in [0.3, 0.4) is 0 Å². The number of hydrogen-bond donors (Lipinski definition) is 1. The Balaban J connectivity index is 1.92. The molecule has 2 aromatic carbocycles. The van der Waals surface area contributed by atoms with Crippen molar-refractivity contribution < 1.29 is 22.7 Å². The number of methoxy groups -OCH3 is 1. The molecule has 0 aliphatic heterocycles. The number of carbonyl (C=O) groups excluding carboxylic acids is 2. The molecule has 1 unspecified atom stereocenters. The van der Waals surface area contributed by atoms with Crippen LogP contribution in [0.5, 0.6) is 5.75 Å². The highest BCUT2D eigenvalue weighted by Crippen LogP contribution is 2.24. The normalized spacial score (nSPS) is 14.8. The van der Waals surface area contributed by atoms with E-state index < -0.39 is 28.5 Å². The fraction of sp³-hybridized carbons (Fsp3) is 0.481. The van der Waals surface area contributed by atoms with Gasteiger partial charge in [0.05, 0.1) is 19.1 Å². The van der Waals surface area contributed by atoms with Crippen LogP contribution < -0.4 is 14.4 Å². The third-order valence-electron chi connectivity index (χ3n) is 6.58. The average Bonchev–Trinajstić information content (AvgIpc) is 3.35. The second-order valence-corrected chi connectivity index (χ2v) is 11.3. The molecule has 8 nitrogen and oxygen atoms in total. The predicted molar refractivity (Wildman–Crippen MR) is 141 cm³/mol. The number of anilines is 1. The van der Waals surface area contributed by atoms with Gasteiger partial charge in [0.15, 0.2) is 0 Å². The lowest BCUT2D eigenvalue weighted by atomic mass is 10.1. The molecule has 1 aliphatic rings. The molecular formula is C27H37N3O5S. The van der Waals surface area contributed by atoms with E-state index in [0.717, 1.165) is 47.4 Å². The number of ether oxygens (including phenoxy) is 1. The van der Waals surface area contributed by atoms with Crippen LogP contribution in [-0.2, 0) is 26.2 Å². The van der Waals surface area contributed by atoms with Gasteiger partial charge in [0.25, 0.3) is 0 Å². The second kappa shape index (κ2) is 12.3. The maximum Gasteiger partial charge on any atom is 0.244 e. The molecule has 0 spiro atoms. The molecule has 0 saturated heterocycles. The number of sulfonamides is 1. The van der Waals surface area contributed by atoms with E-state index in [0.29, 0.717) is 17.9 Å². The quantitative estimate of drug-likeness (QED) is 0.493. The van der Waals surface area contributed by atoms with Crippen molar-refractivity contribution in [3.8, 4) is 5.75 Å². The average molecular weight is 516 g/mol. The molecule has 0 aromatic heterocycles. The summed E-state index contributed by atoms with van der Waals surface area (Å²) in [5, 5.41) is 3.11. The number of nitrogens with one attached hydrogen (secondary N) is 1. The fourth-order valence-electron chi connectivity index (χ4n) is 4.56. The molecule has 36 heavy (non-hydrogen) atoms. The largest absolute Gasteiger partial charge is 0.497 e. The number of benzene rings is 2. The molecule has 0 heterocycles. The van der Waals surface area contributed by atoms with Crippen LogP contribution in [0.2, 0.25) is 0 Å². The van der Waals surface area contributed by atoms with Crippen LogP contribution in [0, 0.1) is 6.92 Å². The molecule has 1 saturated carbocycles. The standard InChI is InChI=1S/C27H37N3O5S/c1-5-25(27(32)28-22-9-6-7-10-22)29(18-21-15-13-20(2)14-16-21)26(31)19-30(36(4,33)34)23-11-8-12-24(17-23)35-3/h8,11-17,22,25H,5-7,9-10,18-19H2,1-4H3,(H,28,32). The van der Waals surface area contributed by atoms with Crippen molar-refractivity contribution in [2.45, 2.75) is 64.6 Å². The molecule has 0 bridgehead atoms. The predicted octanol–water partition coefficient (Wildman–Crippen LogP) is 3.64. The Kier molecular flexibility index (Phi) is 9.37. The summed E-state index contributed by atoms with van der Waals surface area (Å²) in [5.41, 5.74) is 2.28. The van der Waals surface area contributed by atoms with E-state index in [1.165, 1.54) is 12.0 Å². The highest BCUT2D eigenvalue weighted by Gasteiger charge is 2.33. The van der Waals surface area contributed by atoms with Crippen LogP contribution in [0.1, 0.15) is 50.2 Å². The Morgan fingerprint density at radius 2 is 1.78 bits per heavy atom. The smallest absolute Gasteiger partial charge is 0.244 e. The Hall–Kier alpha value is -3.07. The number of aryl methyl sites for hydroxylation is 1. The lowest BCUT2D eigenvalue weighted by Gasteiger charge is -2.33. The third-order valence-corrected chi connectivity index (χ3v) is 7.72. The molecule has 1 fully saturated rings. The number of carbonyl (C=O) groups is 2. The fourth-order valence-corrected chi connectivity index (χ4v) is 5.40. The maximum absolute atomic E-state index is 13.7.